The maximum absolute atomic E-state index is 12.6. The number of ether oxygens (including phenoxy) is 1. The largest absolute Gasteiger partial charge is 0.454 e. The molecule has 0 fully saturated rings. The monoisotopic (exact) mass is 475 g/mol. The molecule has 174 valence electrons. The fourth-order valence-electron chi connectivity index (χ4n) is 2.76. The number of hydrogen-bond donors (Lipinski definition) is 2. The lowest BCUT2D eigenvalue weighted by Gasteiger charge is -2.21. The molecular weight excluding hydrogens is 454 g/mol. The fraction of sp³-hybridized carbons (Fsp3) is 0.273. The molecule has 0 bridgehead atoms. The van der Waals surface area contributed by atoms with E-state index < -0.39 is 41.3 Å². The molecule has 11 heteroatoms. The van der Waals surface area contributed by atoms with Crippen molar-refractivity contribution >= 4 is 46.5 Å². The lowest BCUT2D eigenvalue weighted by atomic mass is 10.0. The van der Waals surface area contributed by atoms with Crippen molar-refractivity contribution in [2.75, 3.05) is 11.9 Å². The number of nitro groups is 1. The molecular formula is C22H22ClN3O7. The van der Waals surface area contributed by atoms with E-state index in [1.807, 2.05) is 0 Å². The van der Waals surface area contributed by atoms with Gasteiger partial charge in [0, 0.05) is 23.4 Å². The van der Waals surface area contributed by atoms with E-state index in [0.29, 0.717) is 11.3 Å². The molecule has 0 radical (unpaired) electrons. The summed E-state index contributed by atoms with van der Waals surface area (Å²) in [6, 6.07) is 8.51. The molecule has 33 heavy (non-hydrogen) atoms. The van der Waals surface area contributed by atoms with E-state index in [1.165, 1.54) is 19.1 Å². The number of nitrogens with zero attached hydrogens (tertiary/aromatic N) is 1. The third kappa shape index (κ3) is 7.11. The van der Waals surface area contributed by atoms with Crippen molar-refractivity contribution in [2.24, 2.45) is 5.92 Å². The number of nitro benzene ring substituents is 1. The van der Waals surface area contributed by atoms with Gasteiger partial charge in [0.15, 0.2) is 12.4 Å². The summed E-state index contributed by atoms with van der Waals surface area (Å²) in [5.41, 5.74) is 0.447. The lowest BCUT2D eigenvalue weighted by Crippen LogP contribution is -2.46. The van der Waals surface area contributed by atoms with Crippen molar-refractivity contribution in [2.45, 2.75) is 26.8 Å². The Hall–Kier alpha value is -3.79. The van der Waals surface area contributed by atoms with Gasteiger partial charge >= 0.3 is 5.97 Å². The van der Waals surface area contributed by atoms with Gasteiger partial charge in [-0.05, 0) is 31.0 Å². The van der Waals surface area contributed by atoms with E-state index in [1.54, 1.807) is 32.0 Å². The highest BCUT2D eigenvalue weighted by atomic mass is 35.5. The number of halogens is 1. The number of carbonyl (C=O) groups excluding carboxylic acids is 4. The summed E-state index contributed by atoms with van der Waals surface area (Å²) in [6.07, 6.45) is 0. The Morgan fingerprint density at radius 1 is 1.12 bits per heavy atom. The number of Topliss-reactive ketones (excluding diaryl/α,β-unsaturated/α-hetero) is 1. The Kier molecular flexibility index (Phi) is 8.63. The molecule has 2 aromatic carbocycles. The smallest absolute Gasteiger partial charge is 0.329 e. The van der Waals surface area contributed by atoms with E-state index in [9.17, 15) is 29.3 Å². The summed E-state index contributed by atoms with van der Waals surface area (Å²) in [4.78, 5) is 58.8. The van der Waals surface area contributed by atoms with Gasteiger partial charge in [-0.3, -0.25) is 24.5 Å². The second-order valence-electron chi connectivity index (χ2n) is 7.41. The van der Waals surface area contributed by atoms with Crippen molar-refractivity contribution in [1.29, 1.82) is 0 Å². The normalized spacial score (nSPS) is 11.4. The van der Waals surface area contributed by atoms with Crippen LogP contribution in [-0.4, -0.2) is 41.1 Å². The Bertz CT molecular complexity index is 1100. The highest BCUT2D eigenvalue weighted by Gasteiger charge is 2.28. The molecule has 0 aliphatic heterocycles. The number of carbonyl (C=O) groups is 4. The van der Waals surface area contributed by atoms with E-state index in [4.69, 9.17) is 16.3 Å². The number of benzene rings is 2. The van der Waals surface area contributed by atoms with Crippen molar-refractivity contribution in [3.8, 4) is 0 Å². The zero-order valence-corrected chi connectivity index (χ0v) is 18.8. The SMILES string of the molecule is CC(=O)c1cccc(NC(=O)COC(=O)C(NC(=O)c2ccc([N+](=O)[O-])cc2Cl)C(C)C)c1. The number of esters is 1. The predicted molar refractivity (Wildman–Crippen MR) is 120 cm³/mol. The second-order valence-corrected chi connectivity index (χ2v) is 7.82. The third-order valence-electron chi connectivity index (χ3n) is 4.51. The van der Waals surface area contributed by atoms with Gasteiger partial charge in [0.2, 0.25) is 0 Å². The van der Waals surface area contributed by atoms with Crippen LogP contribution in [0.5, 0.6) is 0 Å². The highest BCUT2D eigenvalue weighted by Crippen LogP contribution is 2.23. The molecule has 0 spiro atoms. The zero-order valence-electron chi connectivity index (χ0n) is 18.1. The Labute approximate surface area is 194 Å². The molecule has 0 aliphatic rings. The molecule has 1 unspecified atom stereocenters. The number of nitrogens with one attached hydrogen (secondary N) is 2. The Morgan fingerprint density at radius 3 is 2.39 bits per heavy atom. The number of amides is 2. The molecule has 2 amide bonds. The molecule has 0 saturated heterocycles. The highest BCUT2D eigenvalue weighted by molar-refractivity contribution is 6.34. The van der Waals surface area contributed by atoms with E-state index in [0.717, 1.165) is 12.1 Å². The molecule has 10 nitrogen and oxygen atoms in total. The summed E-state index contributed by atoms with van der Waals surface area (Å²) in [5.74, 6) is -2.76. The van der Waals surface area contributed by atoms with Crippen molar-refractivity contribution in [3.63, 3.8) is 0 Å². The lowest BCUT2D eigenvalue weighted by molar-refractivity contribution is -0.384. The summed E-state index contributed by atoms with van der Waals surface area (Å²) >= 11 is 5.97. The first kappa shape index (κ1) is 25.5. The van der Waals surface area contributed by atoms with Crippen molar-refractivity contribution in [1.82, 2.24) is 5.32 Å². The molecule has 2 N–H and O–H groups in total. The predicted octanol–water partition coefficient (Wildman–Crippen LogP) is 3.39. The van der Waals surface area contributed by atoms with Crippen LogP contribution in [0.1, 0.15) is 41.5 Å². The topological polar surface area (TPSA) is 145 Å². The number of anilines is 1. The van der Waals surface area contributed by atoms with Gasteiger partial charge in [0.05, 0.1) is 15.5 Å². The minimum absolute atomic E-state index is 0.0520. The van der Waals surface area contributed by atoms with Gasteiger partial charge in [0.25, 0.3) is 17.5 Å². The molecule has 0 aromatic heterocycles. The number of non-ortho nitro benzene ring substituents is 1. The van der Waals surface area contributed by atoms with E-state index >= 15 is 0 Å². The maximum atomic E-state index is 12.6. The summed E-state index contributed by atoms with van der Waals surface area (Å²) in [7, 11) is 0. The Balaban J connectivity index is 2.00. The molecule has 1 atom stereocenters. The van der Waals surface area contributed by atoms with Crippen molar-refractivity contribution in [3.05, 3.63) is 68.7 Å². The molecule has 0 saturated carbocycles. The van der Waals surface area contributed by atoms with Crippen LogP contribution in [0.25, 0.3) is 0 Å². The van der Waals surface area contributed by atoms with Gasteiger partial charge < -0.3 is 15.4 Å². The van der Waals surface area contributed by atoms with Crippen LogP contribution in [-0.2, 0) is 14.3 Å². The first-order valence-electron chi connectivity index (χ1n) is 9.82. The second kappa shape index (κ2) is 11.2. The Morgan fingerprint density at radius 2 is 1.82 bits per heavy atom. The van der Waals surface area contributed by atoms with Gasteiger partial charge in [-0.1, -0.05) is 37.6 Å². The first-order chi connectivity index (χ1) is 15.5. The minimum atomic E-state index is -1.10. The summed E-state index contributed by atoms with van der Waals surface area (Å²) in [6.45, 7) is 4.11. The van der Waals surface area contributed by atoms with Crippen LogP contribution in [0.15, 0.2) is 42.5 Å². The van der Waals surface area contributed by atoms with Crippen LogP contribution >= 0.6 is 11.6 Å². The van der Waals surface area contributed by atoms with Crippen LogP contribution in [0.2, 0.25) is 5.02 Å². The van der Waals surface area contributed by atoms with Gasteiger partial charge in [-0.15, -0.1) is 0 Å². The zero-order chi connectivity index (χ0) is 24.7. The van der Waals surface area contributed by atoms with Crippen LogP contribution < -0.4 is 10.6 Å². The van der Waals surface area contributed by atoms with E-state index in [-0.39, 0.29) is 22.1 Å². The summed E-state index contributed by atoms with van der Waals surface area (Å²) < 4.78 is 5.04. The molecule has 0 aliphatic carbocycles. The van der Waals surface area contributed by atoms with Crippen LogP contribution in [0, 0.1) is 16.0 Å². The standard InChI is InChI=1S/C22H22ClN3O7/c1-12(2)20(25-21(29)17-8-7-16(26(31)32)10-18(17)23)22(30)33-11-19(28)24-15-6-4-5-14(9-15)13(3)27/h4-10,12,20H,11H2,1-3H3,(H,24,28)(H,25,29). The van der Waals surface area contributed by atoms with Gasteiger partial charge in [-0.2, -0.15) is 0 Å². The summed E-state index contributed by atoms with van der Waals surface area (Å²) in [5, 5.41) is 15.7. The molecule has 2 rings (SSSR count). The van der Waals surface area contributed by atoms with E-state index in [2.05, 4.69) is 10.6 Å². The van der Waals surface area contributed by atoms with Gasteiger partial charge in [-0.25, -0.2) is 4.79 Å². The van der Waals surface area contributed by atoms with Crippen LogP contribution in [0.3, 0.4) is 0 Å². The first-order valence-corrected chi connectivity index (χ1v) is 10.2. The number of rotatable bonds is 9. The fourth-order valence-corrected chi connectivity index (χ4v) is 3.02. The molecule has 0 heterocycles. The van der Waals surface area contributed by atoms with Gasteiger partial charge in [0.1, 0.15) is 6.04 Å². The third-order valence-corrected chi connectivity index (χ3v) is 4.83. The van der Waals surface area contributed by atoms with Crippen molar-refractivity contribution < 1.29 is 28.8 Å². The average molecular weight is 476 g/mol. The average Bonchev–Trinajstić information content (AvgIpc) is 2.75. The van der Waals surface area contributed by atoms with Crippen LogP contribution in [0.4, 0.5) is 11.4 Å². The number of hydrogen-bond acceptors (Lipinski definition) is 7. The minimum Gasteiger partial charge on any atom is -0.454 e. The number of ketones is 1. The quantitative estimate of drug-likeness (QED) is 0.244. The molecule has 2 aromatic rings. The maximum Gasteiger partial charge on any atom is 0.329 e.